The summed E-state index contributed by atoms with van der Waals surface area (Å²) in [6, 6.07) is -0.885. The number of nitrogens with two attached hydrogens (primary N) is 1. The zero-order chi connectivity index (χ0) is 9.84. The molecule has 0 saturated carbocycles. The van der Waals surface area contributed by atoms with E-state index in [0.29, 0.717) is 0 Å². The maximum absolute atomic E-state index is 10.4. The lowest BCUT2D eigenvalue weighted by Crippen LogP contribution is -2.34. The van der Waals surface area contributed by atoms with Gasteiger partial charge < -0.3 is 10.8 Å². The monoisotopic (exact) mass is 183 g/mol. The standard InChI is InChI=1S/C8H13N3O2/c1-2-6-3-10-11(4-6)5-7(9)8(12)13/h3-4,7H,2,5,9H2,1H3,(H,12,13). The number of carbonyl (C=O) groups is 1. The summed E-state index contributed by atoms with van der Waals surface area (Å²) in [4.78, 5) is 10.4. The smallest absolute Gasteiger partial charge is 0.322 e. The highest BCUT2D eigenvalue weighted by molar-refractivity contribution is 5.72. The van der Waals surface area contributed by atoms with E-state index in [1.165, 1.54) is 0 Å². The molecule has 0 bridgehead atoms. The molecule has 3 N–H and O–H groups in total. The molecule has 0 saturated heterocycles. The normalized spacial score (nSPS) is 12.8. The van der Waals surface area contributed by atoms with Crippen LogP contribution in [0.5, 0.6) is 0 Å². The molecular formula is C8H13N3O2. The van der Waals surface area contributed by atoms with Crippen molar-refractivity contribution in [2.45, 2.75) is 25.9 Å². The van der Waals surface area contributed by atoms with Crippen LogP contribution < -0.4 is 5.73 Å². The van der Waals surface area contributed by atoms with Crippen molar-refractivity contribution in [3.63, 3.8) is 0 Å². The highest BCUT2D eigenvalue weighted by Crippen LogP contribution is 1.98. The maximum Gasteiger partial charge on any atom is 0.322 e. The number of rotatable bonds is 4. The van der Waals surface area contributed by atoms with E-state index in [-0.39, 0.29) is 6.54 Å². The third-order valence-electron chi connectivity index (χ3n) is 1.80. The Bertz CT molecular complexity index is 295. The Hall–Kier alpha value is -1.36. The van der Waals surface area contributed by atoms with Gasteiger partial charge in [-0.15, -0.1) is 0 Å². The fourth-order valence-corrected chi connectivity index (χ4v) is 0.968. The molecule has 1 aromatic rings. The first-order chi connectivity index (χ1) is 6.13. The van der Waals surface area contributed by atoms with Crippen molar-refractivity contribution in [3.05, 3.63) is 18.0 Å². The number of carboxylic acids is 1. The lowest BCUT2D eigenvalue weighted by atomic mass is 10.3. The molecule has 0 fully saturated rings. The van der Waals surface area contributed by atoms with E-state index in [4.69, 9.17) is 10.8 Å². The van der Waals surface area contributed by atoms with Crippen LogP contribution in [0.1, 0.15) is 12.5 Å². The molecule has 0 amide bonds. The van der Waals surface area contributed by atoms with Crippen LogP contribution in [-0.4, -0.2) is 26.9 Å². The van der Waals surface area contributed by atoms with E-state index in [9.17, 15) is 4.79 Å². The third kappa shape index (κ3) is 2.55. The zero-order valence-electron chi connectivity index (χ0n) is 7.47. The number of aliphatic carboxylic acids is 1. The number of hydrogen-bond acceptors (Lipinski definition) is 3. The van der Waals surface area contributed by atoms with Gasteiger partial charge in [-0.2, -0.15) is 5.10 Å². The van der Waals surface area contributed by atoms with Crippen LogP contribution >= 0.6 is 0 Å². The SMILES string of the molecule is CCc1cnn(CC(N)C(=O)O)c1. The molecule has 0 radical (unpaired) electrons. The van der Waals surface area contributed by atoms with Crippen molar-refractivity contribution in [2.24, 2.45) is 5.73 Å². The summed E-state index contributed by atoms with van der Waals surface area (Å²) in [7, 11) is 0. The van der Waals surface area contributed by atoms with Gasteiger partial charge in [-0.3, -0.25) is 9.48 Å². The molecule has 13 heavy (non-hydrogen) atoms. The molecule has 0 aliphatic carbocycles. The minimum absolute atomic E-state index is 0.218. The molecule has 1 heterocycles. The van der Waals surface area contributed by atoms with Gasteiger partial charge in [0, 0.05) is 6.20 Å². The summed E-state index contributed by atoms with van der Waals surface area (Å²) in [5, 5.41) is 12.5. The molecule has 1 aromatic heterocycles. The first-order valence-electron chi connectivity index (χ1n) is 4.13. The van der Waals surface area contributed by atoms with Crippen molar-refractivity contribution < 1.29 is 9.90 Å². The summed E-state index contributed by atoms with van der Waals surface area (Å²) < 4.78 is 1.55. The van der Waals surface area contributed by atoms with Crippen LogP contribution in [0, 0.1) is 0 Å². The van der Waals surface area contributed by atoms with Crippen molar-refractivity contribution in [2.75, 3.05) is 0 Å². The zero-order valence-corrected chi connectivity index (χ0v) is 7.47. The first kappa shape index (κ1) is 9.73. The van der Waals surface area contributed by atoms with Crippen molar-refractivity contribution >= 4 is 5.97 Å². The topological polar surface area (TPSA) is 81.1 Å². The summed E-state index contributed by atoms with van der Waals surface area (Å²) >= 11 is 0. The maximum atomic E-state index is 10.4. The third-order valence-corrected chi connectivity index (χ3v) is 1.80. The van der Waals surface area contributed by atoms with E-state index in [1.807, 2.05) is 13.1 Å². The van der Waals surface area contributed by atoms with Gasteiger partial charge in [-0.1, -0.05) is 6.92 Å². The van der Waals surface area contributed by atoms with Crippen molar-refractivity contribution in [1.82, 2.24) is 9.78 Å². The number of hydrogen-bond donors (Lipinski definition) is 2. The van der Waals surface area contributed by atoms with Crippen LogP contribution in [0.25, 0.3) is 0 Å². The van der Waals surface area contributed by atoms with E-state index in [0.717, 1.165) is 12.0 Å². The highest BCUT2D eigenvalue weighted by atomic mass is 16.4. The molecule has 0 aliphatic heterocycles. The average molecular weight is 183 g/mol. The van der Waals surface area contributed by atoms with Gasteiger partial charge in [0.05, 0.1) is 12.7 Å². The highest BCUT2D eigenvalue weighted by Gasteiger charge is 2.12. The molecule has 5 heteroatoms. The second-order valence-electron chi connectivity index (χ2n) is 2.87. The molecule has 1 atom stereocenters. The van der Waals surface area contributed by atoms with Gasteiger partial charge in [0.1, 0.15) is 6.04 Å². The molecule has 5 nitrogen and oxygen atoms in total. The number of aryl methyl sites for hydroxylation is 1. The molecule has 0 spiro atoms. The molecule has 0 aliphatic rings. The Morgan fingerprint density at radius 2 is 2.54 bits per heavy atom. The summed E-state index contributed by atoms with van der Waals surface area (Å²) in [6.45, 7) is 2.23. The molecule has 1 rings (SSSR count). The second-order valence-corrected chi connectivity index (χ2v) is 2.87. The number of nitrogens with zero attached hydrogens (tertiary/aromatic N) is 2. The molecule has 72 valence electrons. The van der Waals surface area contributed by atoms with Gasteiger partial charge in [0.2, 0.25) is 0 Å². The van der Waals surface area contributed by atoms with Gasteiger partial charge in [-0.25, -0.2) is 0 Å². The van der Waals surface area contributed by atoms with Crippen LogP contribution in [0.4, 0.5) is 0 Å². The van der Waals surface area contributed by atoms with Gasteiger partial charge >= 0.3 is 5.97 Å². The Morgan fingerprint density at radius 3 is 3.00 bits per heavy atom. The fourth-order valence-electron chi connectivity index (χ4n) is 0.968. The van der Waals surface area contributed by atoms with Gasteiger partial charge in [0.25, 0.3) is 0 Å². The molecular weight excluding hydrogens is 170 g/mol. The number of carboxylic acid groups (broad SMARTS) is 1. The minimum Gasteiger partial charge on any atom is -0.480 e. The van der Waals surface area contributed by atoms with Crippen LogP contribution in [0.3, 0.4) is 0 Å². The lowest BCUT2D eigenvalue weighted by molar-refractivity contribution is -0.138. The predicted octanol–water partition coefficient (Wildman–Crippen LogP) is -0.143. The Morgan fingerprint density at radius 1 is 1.85 bits per heavy atom. The predicted molar refractivity (Wildman–Crippen MR) is 47.2 cm³/mol. The first-order valence-corrected chi connectivity index (χ1v) is 4.13. The Kier molecular flexibility index (Phi) is 3.02. The van der Waals surface area contributed by atoms with Crippen LogP contribution in [-0.2, 0) is 17.8 Å². The van der Waals surface area contributed by atoms with Crippen molar-refractivity contribution in [1.29, 1.82) is 0 Å². The van der Waals surface area contributed by atoms with Crippen LogP contribution in [0.2, 0.25) is 0 Å². The quantitative estimate of drug-likeness (QED) is 0.680. The van der Waals surface area contributed by atoms with Gasteiger partial charge in [0.15, 0.2) is 0 Å². The van der Waals surface area contributed by atoms with E-state index >= 15 is 0 Å². The summed E-state index contributed by atoms with van der Waals surface area (Å²) in [5.41, 5.74) is 6.42. The minimum atomic E-state index is -1.01. The molecule has 1 unspecified atom stereocenters. The number of aromatic nitrogens is 2. The second kappa shape index (κ2) is 4.04. The Labute approximate surface area is 76.2 Å². The average Bonchev–Trinajstić information content (AvgIpc) is 2.52. The molecule has 0 aromatic carbocycles. The fraction of sp³-hybridized carbons (Fsp3) is 0.500. The summed E-state index contributed by atoms with van der Waals surface area (Å²) in [5.74, 6) is -1.01. The van der Waals surface area contributed by atoms with E-state index in [2.05, 4.69) is 5.10 Å². The van der Waals surface area contributed by atoms with E-state index in [1.54, 1.807) is 10.9 Å². The van der Waals surface area contributed by atoms with Crippen LogP contribution in [0.15, 0.2) is 12.4 Å². The Balaban J connectivity index is 2.58. The van der Waals surface area contributed by atoms with Crippen molar-refractivity contribution in [3.8, 4) is 0 Å². The van der Waals surface area contributed by atoms with E-state index < -0.39 is 12.0 Å². The summed E-state index contributed by atoms with van der Waals surface area (Å²) in [6.07, 6.45) is 4.42. The largest absolute Gasteiger partial charge is 0.480 e. The lowest BCUT2D eigenvalue weighted by Gasteiger charge is -2.05. The van der Waals surface area contributed by atoms with Gasteiger partial charge in [-0.05, 0) is 12.0 Å².